The Bertz CT molecular complexity index is 501. The number of aromatic nitrogens is 1. The normalized spacial score (nSPS) is 10.4. The molecular weight excluding hydrogens is 317 g/mol. The van der Waals surface area contributed by atoms with E-state index in [4.69, 9.17) is 32.4 Å². The zero-order valence-corrected chi connectivity index (χ0v) is 11.0. The van der Waals surface area contributed by atoms with E-state index in [0.29, 0.717) is 16.5 Å². The van der Waals surface area contributed by atoms with Gasteiger partial charge in [0.2, 0.25) is 0 Å². The van der Waals surface area contributed by atoms with E-state index in [1.165, 1.54) is 6.26 Å². The number of hydrogen-bond acceptors (Lipinski definition) is 3. The molecule has 0 N–H and O–H groups in total. The highest BCUT2D eigenvalue weighted by atomic mass is 79.9. The largest absolute Gasteiger partial charge is 0.417 e. The van der Waals surface area contributed by atoms with Gasteiger partial charge in [0, 0.05) is 4.47 Å². The molecule has 0 aliphatic rings. The van der Waals surface area contributed by atoms with Gasteiger partial charge >= 0.3 is 6.08 Å². The molecule has 84 valence electrons. The smallest absolute Gasteiger partial charge is 0.399 e. The van der Waals surface area contributed by atoms with Gasteiger partial charge in [-0.15, -0.1) is 11.6 Å². The van der Waals surface area contributed by atoms with E-state index in [1.807, 2.05) is 6.07 Å². The lowest BCUT2D eigenvalue weighted by Gasteiger charge is -2.02. The van der Waals surface area contributed by atoms with Crippen LogP contribution in [-0.4, -0.2) is 4.98 Å². The maximum Gasteiger partial charge on any atom is 0.399 e. The summed E-state index contributed by atoms with van der Waals surface area (Å²) in [4.78, 5) is 4.00. The van der Waals surface area contributed by atoms with Gasteiger partial charge in [-0.25, -0.2) is 0 Å². The summed E-state index contributed by atoms with van der Waals surface area (Å²) >= 11 is 14.9. The van der Waals surface area contributed by atoms with E-state index in [9.17, 15) is 0 Å². The Hall–Kier alpha value is -0.710. The van der Waals surface area contributed by atoms with Crippen LogP contribution in [0.1, 0.15) is 5.69 Å². The molecule has 0 aliphatic heterocycles. The van der Waals surface area contributed by atoms with Crippen molar-refractivity contribution in [2.24, 2.45) is 0 Å². The van der Waals surface area contributed by atoms with E-state index < -0.39 is 0 Å². The van der Waals surface area contributed by atoms with E-state index >= 15 is 0 Å². The Morgan fingerprint density at radius 3 is 2.88 bits per heavy atom. The average molecular weight is 323 g/mol. The summed E-state index contributed by atoms with van der Waals surface area (Å²) in [5, 5.41) is 0.472. The number of nitrogens with zero attached hydrogens (tertiary/aromatic N) is 1. The Morgan fingerprint density at radius 2 is 2.25 bits per heavy atom. The van der Waals surface area contributed by atoms with Gasteiger partial charge < -0.3 is 9.15 Å². The van der Waals surface area contributed by atoms with Gasteiger partial charge in [-0.05, 0) is 18.2 Å². The Balaban J connectivity index is 2.20. The van der Waals surface area contributed by atoms with Crippen LogP contribution in [0.25, 0.3) is 0 Å². The maximum absolute atomic E-state index is 5.97. The lowest BCUT2D eigenvalue weighted by molar-refractivity contribution is 0.331. The highest BCUT2D eigenvalue weighted by molar-refractivity contribution is 9.10. The predicted molar refractivity (Wildman–Crippen MR) is 65.3 cm³/mol. The summed E-state index contributed by atoms with van der Waals surface area (Å²) in [6, 6.07) is 5.26. The number of oxazole rings is 1. The van der Waals surface area contributed by atoms with Crippen molar-refractivity contribution in [3.8, 4) is 11.8 Å². The molecule has 1 aromatic heterocycles. The van der Waals surface area contributed by atoms with Gasteiger partial charge in [0.25, 0.3) is 0 Å². The van der Waals surface area contributed by atoms with E-state index in [1.54, 1.807) is 12.1 Å². The second-order valence-electron chi connectivity index (χ2n) is 2.92. The summed E-state index contributed by atoms with van der Waals surface area (Å²) in [6.07, 6.45) is 1.56. The average Bonchev–Trinajstić information content (AvgIpc) is 2.70. The predicted octanol–water partition coefficient (Wildman–Crippen LogP) is 4.62. The molecule has 0 spiro atoms. The van der Waals surface area contributed by atoms with Crippen molar-refractivity contribution >= 4 is 39.1 Å². The van der Waals surface area contributed by atoms with Gasteiger partial charge in [0.1, 0.15) is 6.26 Å². The minimum atomic E-state index is 0.125. The summed E-state index contributed by atoms with van der Waals surface area (Å²) in [6.45, 7) is 0. The Kier molecular flexibility index (Phi) is 3.74. The minimum absolute atomic E-state index is 0.125. The van der Waals surface area contributed by atoms with Crippen LogP contribution in [-0.2, 0) is 5.88 Å². The summed E-state index contributed by atoms with van der Waals surface area (Å²) in [5.41, 5.74) is 0.616. The SMILES string of the molecule is ClCc1coc(Oc2ccc(Br)cc2Cl)n1. The molecule has 1 aromatic carbocycles. The van der Waals surface area contributed by atoms with Crippen LogP contribution in [0.4, 0.5) is 0 Å². The number of alkyl halides is 1. The number of rotatable bonds is 3. The molecule has 0 unspecified atom stereocenters. The van der Waals surface area contributed by atoms with Crippen LogP contribution in [0.3, 0.4) is 0 Å². The second-order valence-corrected chi connectivity index (χ2v) is 4.51. The first-order chi connectivity index (χ1) is 7.69. The van der Waals surface area contributed by atoms with Crippen molar-refractivity contribution in [2.45, 2.75) is 5.88 Å². The Morgan fingerprint density at radius 1 is 1.44 bits per heavy atom. The molecule has 0 aliphatic carbocycles. The van der Waals surface area contributed by atoms with Gasteiger partial charge in [-0.2, -0.15) is 4.98 Å². The quantitative estimate of drug-likeness (QED) is 0.773. The van der Waals surface area contributed by atoms with Crippen LogP contribution in [0.15, 0.2) is 33.4 Å². The molecule has 0 atom stereocenters. The molecule has 0 bridgehead atoms. The monoisotopic (exact) mass is 321 g/mol. The van der Waals surface area contributed by atoms with Crippen molar-refractivity contribution in [3.05, 3.63) is 39.7 Å². The summed E-state index contributed by atoms with van der Waals surface area (Å²) in [5.74, 6) is 0.758. The van der Waals surface area contributed by atoms with Gasteiger partial charge in [0.15, 0.2) is 5.75 Å². The standard InChI is InChI=1S/C10H6BrCl2NO2/c11-6-1-2-9(8(13)3-6)16-10-14-7(4-12)5-15-10/h1-3,5H,4H2. The third-order valence-electron chi connectivity index (χ3n) is 1.76. The van der Waals surface area contributed by atoms with Crippen molar-refractivity contribution in [2.75, 3.05) is 0 Å². The van der Waals surface area contributed by atoms with Crippen molar-refractivity contribution in [3.63, 3.8) is 0 Å². The topological polar surface area (TPSA) is 35.3 Å². The molecule has 0 saturated carbocycles. The molecule has 2 rings (SSSR count). The van der Waals surface area contributed by atoms with Crippen LogP contribution < -0.4 is 4.74 Å². The molecule has 2 aromatic rings. The van der Waals surface area contributed by atoms with Crippen molar-refractivity contribution in [1.29, 1.82) is 0 Å². The number of benzene rings is 1. The highest BCUT2D eigenvalue weighted by Crippen LogP contribution is 2.31. The molecule has 0 radical (unpaired) electrons. The molecule has 3 nitrogen and oxygen atoms in total. The summed E-state index contributed by atoms with van der Waals surface area (Å²) < 4.78 is 11.3. The fourth-order valence-corrected chi connectivity index (χ4v) is 1.88. The van der Waals surface area contributed by atoms with Crippen molar-refractivity contribution in [1.82, 2.24) is 4.98 Å². The first-order valence-electron chi connectivity index (χ1n) is 4.32. The van der Waals surface area contributed by atoms with E-state index in [2.05, 4.69) is 20.9 Å². The fourth-order valence-electron chi connectivity index (χ4n) is 1.05. The third kappa shape index (κ3) is 2.70. The van der Waals surface area contributed by atoms with Crippen LogP contribution in [0.2, 0.25) is 5.02 Å². The zero-order chi connectivity index (χ0) is 11.5. The van der Waals surface area contributed by atoms with Gasteiger partial charge in [-0.3, -0.25) is 0 Å². The first-order valence-corrected chi connectivity index (χ1v) is 6.03. The molecule has 0 saturated heterocycles. The fraction of sp³-hybridized carbons (Fsp3) is 0.100. The molecule has 16 heavy (non-hydrogen) atoms. The Labute approximate surface area is 110 Å². The van der Waals surface area contributed by atoms with Crippen molar-refractivity contribution < 1.29 is 9.15 Å². The molecule has 6 heteroatoms. The third-order valence-corrected chi connectivity index (χ3v) is 2.82. The summed E-state index contributed by atoms with van der Waals surface area (Å²) in [7, 11) is 0. The molecule has 0 amide bonds. The molecular formula is C10H6BrCl2NO2. The maximum atomic E-state index is 5.97. The van der Waals surface area contributed by atoms with Crippen LogP contribution in [0.5, 0.6) is 11.8 Å². The minimum Gasteiger partial charge on any atom is -0.417 e. The lowest BCUT2D eigenvalue weighted by atomic mass is 10.3. The number of halogens is 3. The van der Waals surface area contributed by atoms with Crippen LogP contribution >= 0.6 is 39.1 Å². The number of ether oxygens (including phenoxy) is 1. The molecule has 0 fully saturated rings. The molecule has 1 heterocycles. The number of hydrogen-bond donors (Lipinski definition) is 0. The first kappa shape index (κ1) is 11.8. The van der Waals surface area contributed by atoms with Crippen LogP contribution in [0, 0.1) is 0 Å². The second kappa shape index (κ2) is 5.08. The lowest BCUT2D eigenvalue weighted by Crippen LogP contribution is -1.86. The highest BCUT2D eigenvalue weighted by Gasteiger charge is 2.08. The van der Waals surface area contributed by atoms with Gasteiger partial charge in [-0.1, -0.05) is 27.5 Å². The van der Waals surface area contributed by atoms with E-state index in [0.717, 1.165) is 4.47 Å². The van der Waals surface area contributed by atoms with Gasteiger partial charge in [0.05, 0.1) is 16.6 Å². The zero-order valence-electron chi connectivity index (χ0n) is 7.91. The van der Waals surface area contributed by atoms with E-state index in [-0.39, 0.29) is 12.0 Å².